The van der Waals surface area contributed by atoms with Gasteiger partial charge in [0, 0.05) is 32.9 Å². The fourth-order valence-corrected chi connectivity index (χ4v) is 8.57. The van der Waals surface area contributed by atoms with Gasteiger partial charge in [-0.2, -0.15) is 16.8 Å². The van der Waals surface area contributed by atoms with E-state index in [0.717, 1.165) is 36.4 Å². The van der Waals surface area contributed by atoms with E-state index in [-0.39, 0.29) is 65.6 Å². The second kappa shape index (κ2) is 13.8. The molecule has 280 valence electrons. The van der Waals surface area contributed by atoms with Crippen LogP contribution in [0.2, 0.25) is 0 Å². The predicted octanol–water partition coefficient (Wildman–Crippen LogP) is 5.14. The van der Waals surface area contributed by atoms with Gasteiger partial charge in [0.15, 0.2) is 0 Å². The molecule has 0 heterocycles. The Bertz CT molecular complexity index is 2770. The Morgan fingerprint density at radius 3 is 1.20 bits per heavy atom. The molecule has 0 atom stereocenters. The van der Waals surface area contributed by atoms with E-state index < -0.39 is 56.1 Å². The molecule has 0 spiro atoms. The van der Waals surface area contributed by atoms with Crippen molar-refractivity contribution in [1.29, 1.82) is 0 Å². The number of phenolic OH excluding ortho intramolecular Hbond substituents is 2. The van der Waals surface area contributed by atoms with Gasteiger partial charge >= 0.3 is 6.03 Å². The van der Waals surface area contributed by atoms with E-state index in [4.69, 9.17) is 0 Å². The zero-order chi connectivity index (χ0) is 39.2. The first-order valence-corrected chi connectivity index (χ1v) is 20.9. The lowest BCUT2D eigenvalue weighted by atomic mass is 10.1. The van der Waals surface area contributed by atoms with Crippen molar-refractivity contribution in [2.45, 2.75) is 19.6 Å². The van der Waals surface area contributed by atoms with Crippen LogP contribution in [-0.4, -0.2) is 59.0 Å². The fraction of sp³-hybridized carbons (Fsp3) is 0. The molecule has 54 heavy (non-hydrogen) atoms. The number of carbonyl (C=O) groups excluding carboxylic acids is 1. The third-order valence-electron chi connectivity index (χ3n) is 7.82. The van der Waals surface area contributed by atoms with Crippen LogP contribution in [0.5, 0.6) is 11.5 Å². The molecule has 0 aromatic heterocycles. The van der Waals surface area contributed by atoms with E-state index in [1.54, 1.807) is 0 Å². The van der Waals surface area contributed by atoms with E-state index in [1.165, 1.54) is 72.8 Å². The molecule has 17 nitrogen and oxygen atoms in total. The lowest BCUT2D eigenvalue weighted by molar-refractivity contribution is 0.262. The molecule has 0 aliphatic heterocycles. The molecule has 6 rings (SSSR count). The minimum atomic E-state index is -4.67. The number of sulfonamides is 2. The zero-order valence-electron chi connectivity index (χ0n) is 27.0. The quantitative estimate of drug-likeness (QED) is 0.0657. The van der Waals surface area contributed by atoms with Crippen LogP contribution in [0.3, 0.4) is 0 Å². The lowest BCUT2D eigenvalue weighted by Gasteiger charge is -2.14. The van der Waals surface area contributed by atoms with Crippen LogP contribution in [0.1, 0.15) is 0 Å². The van der Waals surface area contributed by atoms with E-state index in [1.807, 2.05) is 0 Å². The molecule has 0 saturated carbocycles. The average Bonchev–Trinajstić information content (AvgIpc) is 3.10. The van der Waals surface area contributed by atoms with Crippen LogP contribution in [0.4, 0.5) is 27.5 Å². The van der Waals surface area contributed by atoms with Gasteiger partial charge in [-0.3, -0.25) is 18.5 Å². The average molecular weight is 815 g/mol. The number of benzene rings is 6. The standard InChI is InChI=1S/C33H26N4O13S4/c38-31-13-11-29(27-17-23(53(45,46)47)7-9-25(27)31)36-51(41,42)21-5-1-3-19(15-21)34-33(40)35-20-4-2-6-22(16-20)52(43,44)37-30-12-14-32(39)26-10-8-24(18-28(26)30)54(48,49)50/h1-18,36-39H,(H2,34,35,40)(H,45,46,47)(H,48,49,50). The molecular weight excluding hydrogens is 789 g/mol. The van der Waals surface area contributed by atoms with Crippen LogP contribution in [-0.2, 0) is 40.3 Å². The second-order valence-electron chi connectivity index (χ2n) is 11.5. The summed E-state index contributed by atoms with van der Waals surface area (Å²) in [5, 5.41) is 25.4. The molecule has 6 aromatic rings. The van der Waals surface area contributed by atoms with Gasteiger partial charge in [0.2, 0.25) is 0 Å². The third-order valence-corrected chi connectivity index (χ3v) is 12.2. The van der Waals surface area contributed by atoms with Crippen molar-refractivity contribution >= 4 is 90.6 Å². The Labute approximate surface area is 307 Å². The molecule has 0 aliphatic carbocycles. The van der Waals surface area contributed by atoms with Crippen molar-refractivity contribution in [3.8, 4) is 11.5 Å². The Morgan fingerprint density at radius 1 is 0.444 bits per heavy atom. The molecule has 21 heteroatoms. The summed E-state index contributed by atoms with van der Waals surface area (Å²) < 4.78 is 124. The summed E-state index contributed by atoms with van der Waals surface area (Å²) in [5.74, 6) is -0.566. The lowest BCUT2D eigenvalue weighted by Crippen LogP contribution is -2.20. The van der Waals surface area contributed by atoms with E-state index in [0.29, 0.717) is 0 Å². The number of rotatable bonds is 10. The van der Waals surface area contributed by atoms with Gasteiger partial charge in [0.25, 0.3) is 40.3 Å². The minimum absolute atomic E-state index is 0.00601. The van der Waals surface area contributed by atoms with Crippen LogP contribution in [0.15, 0.2) is 129 Å². The van der Waals surface area contributed by atoms with Crippen LogP contribution < -0.4 is 20.1 Å². The molecule has 0 aliphatic rings. The molecule has 0 radical (unpaired) electrons. The number of fused-ring (bicyclic) bond motifs is 2. The highest BCUT2D eigenvalue weighted by molar-refractivity contribution is 7.93. The largest absolute Gasteiger partial charge is 0.507 e. The van der Waals surface area contributed by atoms with Crippen molar-refractivity contribution in [2.24, 2.45) is 0 Å². The number of amides is 2. The molecule has 2 amide bonds. The first kappa shape index (κ1) is 37.8. The van der Waals surface area contributed by atoms with Gasteiger partial charge in [0.05, 0.1) is 31.0 Å². The molecule has 0 fully saturated rings. The van der Waals surface area contributed by atoms with Gasteiger partial charge in [0.1, 0.15) is 11.5 Å². The van der Waals surface area contributed by atoms with Gasteiger partial charge < -0.3 is 20.8 Å². The number of carbonyl (C=O) groups is 1. The van der Waals surface area contributed by atoms with E-state index in [9.17, 15) is 57.8 Å². The summed E-state index contributed by atoms with van der Waals surface area (Å²) in [7, 11) is -18.1. The first-order valence-electron chi connectivity index (χ1n) is 15.0. The fourth-order valence-electron chi connectivity index (χ4n) is 5.30. The number of urea groups is 1. The van der Waals surface area contributed by atoms with Crippen LogP contribution >= 0.6 is 0 Å². The number of nitrogens with one attached hydrogen (secondary N) is 4. The number of phenols is 2. The van der Waals surface area contributed by atoms with Crippen LogP contribution in [0.25, 0.3) is 21.5 Å². The Hall–Kier alpha value is -5.97. The summed E-state index contributed by atoms with van der Waals surface area (Å²) in [6.07, 6.45) is 0. The second-order valence-corrected chi connectivity index (χ2v) is 17.7. The minimum Gasteiger partial charge on any atom is -0.507 e. The highest BCUT2D eigenvalue weighted by atomic mass is 32.2. The van der Waals surface area contributed by atoms with E-state index in [2.05, 4.69) is 20.1 Å². The molecule has 6 aromatic carbocycles. The molecular formula is C33H26N4O13S4. The maximum absolute atomic E-state index is 13.4. The first-order chi connectivity index (χ1) is 25.2. The van der Waals surface area contributed by atoms with Gasteiger partial charge in [-0.25, -0.2) is 21.6 Å². The summed E-state index contributed by atoms with van der Waals surface area (Å²) in [6.45, 7) is 0. The Kier molecular flexibility index (Phi) is 9.64. The SMILES string of the molecule is O=C(Nc1cccc(S(=O)(=O)Nc2ccc(O)c3ccc(S(=O)(=O)O)cc23)c1)Nc1cccc(S(=O)(=O)Nc2ccc(O)c3ccc(S(=O)(=O)O)cc23)c1. The van der Waals surface area contributed by atoms with Gasteiger partial charge in [-0.05, 0) is 97.1 Å². The smallest absolute Gasteiger partial charge is 0.323 e. The third kappa shape index (κ3) is 8.00. The highest BCUT2D eigenvalue weighted by Crippen LogP contribution is 2.35. The van der Waals surface area contributed by atoms with Gasteiger partial charge in [-0.1, -0.05) is 12.1 Å². The van der Waals surface area contributed by atoms with Crippen molar-refractivity contribution in [2.75, 3.05) is 20.1 Å². The van der Waals surface area contributed by atoms with Crippen molar-refractivity contribution in [1.82, 2.24) is 0 Å². The number of hydrogen-bond acceptors (Lipinski definition) is 11. The molecule has 8 N–H and O–H groups in total. The molecule has 0 bridgehead atoms. The highest BCUT2D eigenvalue weighted by Gasteiger charge is 2.21. The van der Waals surface area contributed by atoms with Crippen LogP contribution in [0, 0.1) is 0 Å². The monoisotopic (exact) mass is 814 g/mol. The van der Waals surface area contributed by atoms with E-state index >= 15 is 0 Å². The Morgan fingerprint density at radius 2 is 0.833 bits per heavy atom. The summed E-state index contributed by atoms with van der Waals surface area (Å²) in [6, 6.07) is 20.3. The summed E-state index contributed by atoms with van der Waals surface area (Å²) in [5.41, 5.74) is -0.271. The van der Waals surface area contributed by atoms with Crippen molar-refractivity contribution in [3.63, 3.8) is 0 Å². The molecule has 0 unspecified atom stereocenters. The Balaban J connectivity index is 1.19. The van der Waals surface area contributed by atoms with Crippen molar-refractivity contribution in [3.05, 3.63) is 109 Å². The normalized spacial score (nSPS) is 12.3. The predicted molar refractivity (Wildman–Crippen MR) is 198 cm³/mol. The number of anilines is 4. The summed E-state index contributed by atoms with van der Waals surface area (Å²) >= 11 is 0. The summed E-state index contributed by atoms with van der Waals surface area (Å²) in [4.78, 5) is 11.2. The molecule has 0 saturated heterocycles. The number of hydrogen-bond donors (Lipinski definition) is 8. The topological polar surface area (TPSA) is 283 Å². The maximum atomic E-state index is 13.4. The van der Waals surface area contributed by atoms with Crippen molar-refractivity contribution < 1.29 is 57.8 Å². The zero-order valence-corrected chi connectivity index (χ0v) is 30.3. The van der Waals surface area contributed by atoms with Gasteiger partial charge in [-0.15, -0.1) is 0 Å². The maximum Gasteiger partial charge on any atom is 0.323 e. The number of aromatic hydroxyl groups is 2.